The third-order valence-corrected chi connectivity index (χ3v) is 5.34. The molecule has 2 aliphatic rings. The fourth-order valence-electron chi connectivity index (χ4n) is 3.82. The van der Waals surface area contributed by atoms with Gasteiger partial charge in [0.25, 0.3) is 0 Å². The second-order valence-electron chi connectivity index (χ2n) is 7.30. The molecular weight excluding hydrogens is 382 g/mol. The van der Waals surface area contributed by atoms with Gasteiger partial charge in [-0.3, -0.25) is 5.10 Å². The van der Waals surface area contributed by atoms with Crippen LogP contribution >= 0.6 is 0 Å². The van der Waals surface area contributed by atoms with Gasteiger partial charge in [0.1, 0.15) is 11.6 Å². The number of fused-ring (bicyclic) bond motifs is 2. The number of hydrogen-bond donors (Lipinski definition) is 2. The second-order valence-corrected chi connectivity index (χ2v) is 7.30. The summed E-state index contributed by atoms with van der Waals surface area (Å²) in [6.07, 6.45) is 0. The van der Waals surface area contributed by atoms with Crippen molar-refractivity contribution >= 4 is 5.69 Å². The standard InChI is InChI=1S/C22H19N5O3/c1-27(2)14-6-3-12(4-7-14)18-15(10-23)21(24)30-22-19(18)20(25-26-22)13-5-8-16-17(9-13)29-11-28-16/h3-9,18H,11,24H2,1-2H3,(H,25,26). The molecule has 0 fully saturated rings. The Morgan fingerprint density at radius 1 is 1.13 bits per heavy atom. The summed E-state index contributed by atoms with van der Waals surface area (Å²) in [6.45, 7) is 0.196. The number of allylic oxidation sites excluding steroid dienone is 1. The van der Waals surface area contributed by atoms with E-state index in [1.165, 1.54) is 0 Å². The first-order valence-corrected chi connectivity index (χ1v) is 9.40. The fourth-order valence-corrected chi connectivity index (χ4v) is 3.82. The van der Waals surface area contributed by atoms with E-state index in [0.29, 0.717) is 23.0 Å². The topological polar surface area (TPSA) is 109 Å². The van der Waals surface area contributed by atoms with Crippen LogP contribution in [0.3, 0.4) is 0 Å². The Morgan fingerprint density at radius 2 is 1.90 bits per heavy atom. The maximum Gasteiger partial charge on any atom is 0.244 e. The third kappa shape index (κ3) is 2.71. The number of aromatic amines is 1. The molecule has 0 saturated carbocycles. The van der Waals surface area contributed by atoms with E-state index in [1.807, 2.05) is 61.5 Å². The largest absolute Gasteiger partial charge is 0.454 e. The van der Waals surface area contributed by atoms with Gasteiger partial charge < -0.3 is 24.8 Å². The molecule has 0 saturated heterocycles. The van der Waals surface area contributed by atoms with Crippen LogP contribution in [0.2, 0.25) is 0 Å². The van der Waals surface area contributed by atoms with E-state index in [4.69, 9.17) is 19.9 Å². The van der Waals surface area contributed by atoms with Crippen LogP contribution in [0.25, 0.3) is 11.3 Å². The highest BCUT2D eigenvalue weighted by Gasteiger charge is 2.35. The molecule has 2 aliphatic heterocycles. The van der Waals surface area contributed by atoms with Crippen LogP contribution in [0.5, 0.6) is 17.4 Å². The number of benzene rings is 2. The number of ether oxygens (including phenoxy) is 3. The second kappa shape index (κ2) is 6.74. The zero-order chi connectivity index (χ0) is 20.8. The molecule has 150 valence electrons. The fraction of sp³-hybridized carbons (Fsp3) is 0.182. The third-order valence-electron chi connectivity index (χ3n) is 5.34. The summed E-state index contributed by atoms with van der Waals surface area (Å²) in [5.74, 6) is 1.38. The minimum absolute atomic E-state index is 0.0652. The monoisotopic (exact) mass is 401 g/mol. The van der Waals surface area contributed by atoms with Gasteiger partial charge in [0, 0.05) is 25.3 Å². The first-order valence-electron chi connectivity index (χ1n) is 9.40. The molecule has 0 radical (unpaired) electrons. The lowest BCUT2D eigenvalue weighted by Gasteiger charge is -2.24. The van der Waals surface area contributed by atoms with Crippen molar-refractivity contribution in [2.24, 2.45) is 5.73 Å². The van der Waals surface area contributed by atoms with Crippen LogP contribution < -0.4 is 24.8 Å². The predicted octanol–water partition coefficient (Wildman–Crippen LogP) is 3.09. The molecule has 5 rings (SSSR count). The molecule has 0 amide bonds. The number of H-pyrrole nitrogens is 1. The summed E-state index contributed by atoms with van der Waals surface area (Å²) in [6, 6.07) is 15.9. The number of hydrogen-bond acceptors (Lipinski definition) is 7. The van der Waals surface area contributed by atoms with Crippen molar-refractivity contribution in [2.75, 3.05) is 25.8 Å². The Hall–Kier alpha value is -4.12. The molecule has 1 aromatic heterocycles. The summed E-state index contributed by atoms with van der Waals surface area (Å²) >= 11 is 0. The lowest BCUT2D eigenvalue weighted by Crippen LogP contribution is -2.21. The molecule has 0 bridgehead atoms. The van der Waals surface area contributed by atoms with E-state index in [1.54, 1.807) is 0 Å². The highest BCUT2D eigenvalue weighted by Crippen LogP contribution is 2.47. The summed E-state index contributed by atoms with van der Waals surface area (Å²) in [5.41, 5.74) is 10.8. The number of nitriles is 1. The van der Waals surface area contributed by atoms with Crippen molar-refractivity contribution in [2.45, 2.75) is 5.92 Å². The number of nitrogens with zero attached hydrogens (tertiary/aromatic N) is 3. The van der Waals surface area contributed by atoms with E-state index >= 15 is 0 Å². The van der Waals surface area contributed by atoms with Crippen molar-refractivity contribution in [3.63, 3.8) is 0 Å². The molecular formula is C22H19N5O3. The average molecular weight is 401 g/mol. The zero-order valence-corrected chi connectivity index (χ0v) is 16.5. The Bertz CT molecular complexity index is 1200. The maximum absolute atomic E-state index is 9.84. The number of nitrogens with two attached hydrogens (primary N) is 1. The van der Waals surface area contributed by atoms with Crippen molar-refractivity contribution in [1.82, 2.24) is 10.2 Å². The lowest BCUT2D eigenvalue weighted by molar-refractivity contribution is 0.174. The van der Waals surface area contributed by atoms with Gasteiger partial charge in [-0.1, -0.05) is 12.1 Å². The molecule has 3 heterocycles. The molecule has 0 spiro atoms. The van der Waals surface area contributed by atoms with Crippen LogP contribution in [0.1, 0.15) is 17.0 Å². The molecule has 30 heavy (non-hydrogen) atoms. The van der Waals surface area contributed by atoms with Gasteiger partial charge >= 0.3 is 0 Å². The van der Waals surface area contributed by atoms with Gasteiger partial charge in [-0.2, -0.15) is 5.26 Å². The van der Waals surface area contributed by atoms with Crippen LogP contribution in [-0.2, 0) is 0 Å². The summed E-state index contributed by atoms with van der Waals surface area (Å²) in [5, 5.41) is 17.2. The Labute approximate surface area is 173 Å². The molecule has 3 aromatic rings. The first-order chi connectivity index (χ1) is 14.6. The summed E-state index contributed by atoms with van der Waals surface area (Å²) in [7, 11) is 3.96. The minimum atomic E-state index is -0.408. The van der Waals surface area contributed by atoms with Crippen LogP contribution in [0, 0.1) is 11.3 Å². The number of anilines is 1. The van der Waals surface area contributed by atoms with Gasteiger partial charge in [-0.15, -0.1) is 5.10 Å². The summed E-state index contributed by atoms with van der Waals surface area (Å²) in [4.78, 5) is 2.02. The van der Waals surface area contributed by atoms with Gasteiger partial charge in [-0.05, 0) is 35.9 Å². The van der Waals surface area contributed by atoms with Crippen molar-refractivity contribution < 1.29 is 14.2 Å². The number of nitrogens with one attached hydrogen (secondary N) is 1. The van der Waals surface area contributed by atoms with Crippen LogP contribution in [-0.4, -0.2) is 31.1 Å². The smallest absolute Gasteiger partial charge is 0.244 e. The minimum Gasteiger partial charge on any atom is -0.454 e. The SMILES string of the molecule is CN(C)c1ccc(C2C(C#N)=C(N)Oc3n[nH]c(-c4ccc5c(c4)OCO5)c32)cc1. The highest BCUT2D eigenvalue weighted by molar-refractivity contribution is 5.73. The van der Waals surface area contributed by atoms with E-state index in [2.05, 4.69) is 16.3 Å². The van der Waals surface area contributed by atoms with E-state index in [-0.39, 0.29) is 12.7 Å². The van der Waals surface area contributed by atoms with Gasteiger partial charge in [0.2, 0.25) is 18.6 Å². The number of aromatic nitrogens is 2. The van der Waals surface area contributed by atoms with Gasteiger partial charge in [0.05, 0.1) is 17.2 Å². The van der Waals surface area contributed by atoms with Gasteiger partial charge in [0.15, 0.2) is 11.5 Å². The first kappa shape index (κ1) is 17.9. The normalized spacial score (nSPS) is 16.6. The quantitative estimate of drug-likeness (QED) is 0.694. The van der Waals surface area contributed by atoms with E-state index in [9.17, 15) is 5.26 Å². The van der Waals surface area contributed by atoms with Crippen molar-refractivity contribution in [1.29, 1.82) is 5.26 Å². The predicted molar refractivity (Wildman–Crippen MR) is 110 cm³/mol. The molecule has 1 atom stereocenters. The molecule has 3 N–H and O–H groups in total. The van der Waals surface area contributed by atoms with E-state index in [0.717, 1.165) is 28.1 Å². The van der Waals surface area contributed by atoms with Crippen molar-refractivity contribution in [3.05, 3.63) is 65.0 Å². The van der Waals surface area contributed by atoms with Crippen LogP contribution in [0.15, 0.2) is 53.9 Å². The number of rotatable bonds is 3. The lowest BCUT2D eigenvalue weighted by atomic mass is 9.83. The van der Waals surface area contributed by atoms with Gasteiger partial charge in [-0.25, -0.2) is 0 Å². The molecule has 8 heteroatoms. The zero-order valence-electron chi connectivity index (χ0n) is 16.5. The van der Waals surface area contributed by atoms with Crippen molar-refractivity contribution in [3.8, 4) is 34.7 Å². The molecule has 8 nitrogen and oxygen atoms in total. The molecule has 0 aliphatic carbocycles. The van der Waals surface area contributed by atoms with Crippen LogP contribution in [0.4, 0.5) is 5.69 Å². The maximum atomic E-state index is 9.84. The summed E-state index contributed by atoms with van der Waals surface area (Å²) < 4.78 is 16.6. The highest BCUT2D eigenvalue weighted by atomic mass is 16.7. The van der Waals surface area contributed by atoms with E-state index < -0.39 is 5.92 Å². The molecule has 1 unspecified atom stereocenters. The Morgan fingerprint density at radius 3 is 2.63 bits per heavy atom. The molecule has 2 aromatic carbocycles. The average Bonchev–Trinajstić information content (AvgIpc) is 3.38. The Kier molecular flexibility index (Phi) is 4.03. The Balaban J connectivity index is 1.66.